The highest BCUT2D eigenvalue weighted by atomic mass is 32.1. The Hall–Kier alpha value is -2.99. The second kappa shape index (κ2) is 10.8. The molecule has 1 unspecified atom stereocenters. The topological polar surface area (TPSA) is 49.4 Å². The lowest BCUT2D eigenvalue weighted by Gasteiger charge is -2.33. The Morgan fingerprint density at radius 1 is 1.03 bits per heavy atom. The van der Waals surface area contributed by atoms with Gasteiger partial charge in [-0.3, -0.25) is 14.5 Å². The van der Waals surface area contributed by atoms with Crippen molar-refractivity contribution in [3.63, 3.8) is 0 Å². The highest BCUT2D eigenvalue weighted by molar-refractivity contribution is 7.08. The van der Waals surface area contributed by atoms with Crippen LogP contribution in [0, 0.1) is 12.7 Å². The minimum Gasteiger partial charge on any atom is -0.351 e. The number of rotatable bonds is 7. The van der Waals surface area contributed by atoms with Gasteiger partial charge in [-0.05, 0) is 72.0 Å². The number of thiophene rings is 1. The lowest BCUT2D eigenvalue weighted by Crippen LogP contribution is -2.47. The van der Waals surface area contributed by atoms with Crippen LogP contribution in [0.3, 0.4) is 0 Å². The molecule has 1 heterocycles. The van der Waals surface area contributed by atoms with E-state index in [2.05, 4.69) is 5.32 Å². The van der Waals surface area contributed by atoms with Gasteiger partial charge in [-0.2, -0.15) is 11.3 Å². The van der Waals surface area contributed by atoms with Crippen molar-refractivity contribution in [3.8, 4) is 0 Å². The number of carbonyl (C=O) groups excluding carboxylic acids is 2. The molecule has 3 aromatic rings. The highest BCUT2D eigenvalue weighted by Gasteiger charge is 2.34. The summed E-state index contributed by atoms with van der Waals surface area (Å²) in [7, 11) is 0. The first-order valence-electron chi connectivity index (χ1n) is 11.5. The molecule has 0 radical (unpaired) electrons. The van der Waals surface area contributed by atoms with E-state index in [0.29, 0.717) is 11.3 Å². The summed E-state index contributed by atoms with van der Waals surface area (Å²) in [6.07, 6.45) is 5.43. The third kappa shape index (κ3) is 5.88. The van der Waals surface area contributed by atoms with E-state index >= 15 is 0 Å². The quantitative estimate of drug-likeness (QED) is 0.469. The molecule has 0 saturated heterocycles. The monoisotopic (exact) mass is 464 g/mol. The maximum absolute atomic E-state index is 13.7. The van der Waals surface area contributed by atoms with E-state index in [0.717, 1.165) is 36.8 Å². The van der Waals surface area contributed by atoms with Crippen molar-refractivity contribution >= 4 is 28.8 Å². The minimum atomic E-state index is -0.888. The Balaban J connectivity index is 1.73. The summed E-state index contributed by atoms with van der Waals surface area (Å²) >= 11 is 1.54. The molecular weight excluding hydrogens is 435 g/mol. The largest absolute Gasteiger partial charge is 0.351 e. The maximum Gasteiger partial charge on any atom is 0.248 e. The van der Waals surface area contributed by atoms with Crippen LogP contribution >= 0.6 is 11.3 Å². The number of hydrogen-bond donors (Lipinski definition) is 1. The molecule has 1 aliphatic carbocycles. The SMILES string of the molecule is Cc1ccc(N(C(=O)Cc2ccsc2)C(C(=O)NC2CCCCC2)c2ccc(F)cc2)cc1. The van der Waals surface area contributed by atoms with E-state index in [4.69, 9.17) is 0 Å². The summed E-state index contributed by atoms with van der Waals surface area (Å²) < 4.78 is 13.7. The van der Waals surface area contributed by atoms with Gasteiger partial charge in [0.1, 0.15) is 11.9 Å². The zero-order valence-electron chi connectivity index (χ0n) is 18.8. The smallest absolute Gasteiger partial charge is 0.248 e. The molecule has 4 rings (SSSR count). The molecule has 0 bridgehead atoms. The number of hydrogen-bond acceptors (Lipinski definition) is 3. The van der Waals surface area contributed by atoms with Gasteiger partial charge in [-0.15, -0.1) is 0 Å². The summed E-state index contributed by atoms with van der Waals surface area (Å²) in [5.74, 6) is -0.783. The second-order valence-electron chi connectivity index (χ2n) is 8.71. The third-order valence-corrected chi connectivity index (χ3v) is 6.89. The zero-order valence-corrected chi connectivity index (χ0v) is 19.6. The van der Waals surface area contributed by atoms with Gasteiger partial charge in [0.05, 0.1) is 6.42 Å². The van der Waals surface area contributed by atoms with Crippen LogP contribution in [-0.4, -0.2) is 17.9 Å². The van der Waals surface area contributed by atoms with Crippen LogP contribution in [0.15, 0.2) is 65.4 Å². The van der Waals surface area contributed by atoms with Gasteiger partial charge >= 0.3 is 0 Å². The molecule has 6 heteroatoms. The standard InChI is InChI=1S/C27H29FN2O2S/c1-19-7-13-24(14-8-19)30(25(31)17-20-15-16-33-18-20)26(21-9-11-22(28)12-10-21)27(32)29-23-5-3-2-4-6-23/h7-16,18,23,26H,2-6,17H2,1H3,(H,29,32). The first kappa shape index (κ1) is 23.2. The molecule has 0 aliphatic heterocycles. The summed E-state index contributed by atoms with van der Waals surface area (Å²) in [5.41, 5.74) is 3.21. The molecular formula is C27H29FN2O2S. The first-order valence-corrected chi connectivity index (χ1v) is 12.4. The van der Waals surface area contributed by atoms with Gasteiger partial charge in [0, 0.05) is 11.7 Å². The zero-order chi connectivity index (χ0) is 23.2. The van der Waals surface area contributed by atoms with Crippen LogP contribution in [0.5, 0.6) is 0 Å². The molecule has 1 fully saturated rings. The Morgan fingerprint density at radius 2 is 1.73 bits per heavy atom. The molecule has 0 spiro atoms. The number of halogens is 1. The Labute approximate surface area is 198 Å². The number of amides is 2. The molecule has 1 saturated carbocycles. The van der Waals surface area contributed by atoms with Crippen LogP contribution in [0.2, 0.25) is 0 Å². The molecule has 172 valence electrons. The van der Waals surface area contributed by atoms with Crippen molar-refractivity contribution in [1.82, 2.24) is 5.32 Å². The number of carbonyl (C=O) groups is 2. The van der Waals surface area contributed by atoms with E-state index < -0.39 is 6.04 Å². The Kier molecular flexibility index (Phi) is 7.55. The molecule has 1 aromatic heterocycles. The van der Waals surface area contributed by atoms with Crippen LogP contribution in [0.1, 0.15) is 54.8 Å². The van der Waals surface area contributed by atoms with Gasteiger partial charge in [0.25, 0.3) is 0 Å². The Bertz CT molecular complexity index is 1060. The van der Waals surface area contributed by atoms with E-state index in [1.807, 2.05) is 48.0 Å². The van der Waals surface area contributed by atoms with E-state index in [1.165, 1.54) is 29.9 Å². The van der Waals surface area contributed by atoms with Crippen molar-refractivity contribution in [2.75, 3.05) is 4.90 Å². The number of aryl methyl sites for hydroxylation is 1. The molecule has 2 amide bonds. The predicted molar refractivity (Wildman–Crippen MR) is 131 cm³/mol. The second-order valence-corrected chi connectivity index (χ2v) is 9.49. The van der Waals surface area contributed by atoms with Crippen molar-refractivity contribution in [3.05, 3.63) is 87.9 Å². The first-order chi connectivity index (χ1) is 16.0. The van der Waals surface area contributed by atoms with Gasteiger partial charge in [0.2, 0.25) is 11.8 Å². The molecule has 1 aliphatic rings. The average molecular weight is 465 g/mol. The average Bonchev–Trinajstić information content (AvgIpc) is 3.32. The van der Waals surface area contributed by atoms with Gasteiger partial charge in [0.15, 0.2) is 0 Å². The van der Waals surface area contributed by atoms with E-state index in [9.17, 15) is 14.0 Å². The summed E-state index contributed by atoms with van der Waals surface area (Å²) in [6.45, 7) is 1.98. The van der Waals surface area contributed by atoms with E-state index in [1.54, 1.807) is 17.0 Å². The molecule has 1 N–H and O–H groups in total. The number of benzene rings is 2. The van der Waals surface area contributed by atoms with Crippen LogP contribution in [-0.2, 0) is 16.0 Å². The lowest BCUT2D eigenvalue weighted by atomic mass is 9.94. The minimum absolute atomic E-state index is 0.0982. The van der Waals surface area contributed by atoms with Crippen LogP contribution < -0.4 is 10.2 Å². The number of nitrogens with one attached hydrogen (secondary N) is 1. The number of anilines is 1. The molecule has 2 aromatic carbocycles. The number of nitrogens with zero attached hydrogens (tertiary/aromatic N) is 1. The van der Waals surface area contributed by atoms with Crippen molar-refractivity contribution in [2.45, 2.75) is 57.5 Å². The normalized spacial score (nSPS) is 15.1. The Morgan fingerprint density at radius 3 is 2.36 bits per heavy atom. The predicted octanol–water partition coefficient (Wildman–Crippen LogP) is 5.96. The van der Waals surface area contributed by atoms with Gasteiger partial charge in [-0.25, -0.2) is 4.39 Å². The molecule has 4 nitrogen and oxygen atoms in total. The highest BCUT2D eigenvalue weighted by Crippen LogP contribution is 2.30. The fraction of sp³-hybridized carbons (Fsp3) is 0.333. The summed E-state index contributed by atoms with van der Waals surface area (Å²) in [6, 6.07) is 14.6. The lowest BCUT2D eigenvalue weighted by molar-refractivity contribution is -0.127. The fourth-order valence-corrected chi connectivity index (χ4v) is 5.05. The van der Waals surface area contributed by atoms with Gasteiger partial charge in [-0.1, -0.05) is 49.1 Å². The molecule has 1 atom stereocenters. The van der Waals surface area contributed by atoms with Crippen LogP contribution in [0.4, 0.5) is 10.1 Å². The fourth-order valence-electron chi connectivity index (χ4n) is 4.39. The summed E-state index contributed by atoms with van der Waals surface area (Å²) in [4.78, 5) is 28.9. The van der Waals surface area contributed by atoms with Crippen LogP contribution in [0.25, 0.3) is 0 Å². The summed E-state index contributed by atoms with van der Waals surface area (Å²) in [5, 5.41) is 7.06. The van der Waals surface area contributed by atoms with Crippen molar-refractivity contribution < 1.29 is 14.0 Å². The van der Waals surface area contributed by atoms with E-state index in [-0.39, 0.29) is 30.1 Å². The van der Waals surface area contributed by atoms with Gasteiger partial charge < -0.3 is 5.32 Å². The third-order valence-electron chi connectivity index (χ3n) is 6.16. The van der Waals surface area contributed by atoms with Crippen molar-refractivity contribution in [2.24, 2.45) is 0 Å². The van der Waals surface area contributed by atoms with Crippen molar-refractivity contribution in [1.29, 1.82) is 0 Å². The molecule has 33 heavy (non-hydrogen) atoms. The maximum atomic E-state index is 13.7.